The monoisotopic (exact) mass is 293 g/mol. The van der Waals surface area contributed by atoms with Gasteiger partial charge in [0.1, 0.15) is 0 Å². The van der Waals surface area contributed by atoms with Gasteiger partial charge in [0.25, 0.3) is 0 Å². The molecule has 2 unspecified atom stereocenters. The van der Waals surface area contributed by atoms with E-state index in [4.69, 9.17) is 4.74 Å². The Morgan fingerprint density at radius 2 is 1.88 bits per heavy atom. The Balaban J connectivity index is 2.61. The highest BCUT2D eigenvalue weighted by atomic mass is 31.2. The summed E-state index contributed by atoms with van der Waals surface area (Å²) in [5.74, 6) is 0. The maximum absolute atomic E-state index is 12.7. The molecule has 17 heavy (non-hydrogen) atoms. The smallest absolute Gasteiger partial charge is 0.332 e. The summed E-state index contributed by atoms with van der Waals surface area (Å²) in [5, 5.41) is -5.44. The number of hydrogen-bond donors (Lipinski definition) is 0. The van der Waals surface area contributed by atoms with Gasteiger partial charge >= 0.3 is 5.40 Å². The van der Waals surface area contributed by atoms with E-state index in [1.54, 1.807) is 6.92 Å². The van der Waals surface area contributed by atoms with E-state index < -0.39 is 32.8 Å². The zero-order valence-electron chi connectivity index (χ0n) is 8.63. The fourth-order valence-corrected chi connectivity index (χ4v) is 2.74. The standard InChI is InChI=1S/C6H12F2O7P2/c1-5(4-14-5)2-3-15-17(12,13)6(7,8)16(9,10)11/h2-4H2,1H3,(H,12,13)(H2,9,10,11)/p-3. The predicted molar refractivity (Wildman–Crippen MR) is 45.1 cm³/mol. The van der Waals surface area contributed by atoms with Crippen molar-refractivity contribution in [3.05, 3.63) is 0 Å². The van der Waals surface area contributed by atoms with Crippen molar-refractivity contribution in [1.82, 2.24) is 0 Å². The second-order valence-electron chi connectivity index (χ2n) is 3.83. The summed E-state index contributed by atoms with van der Waals surface area (Å²) in [6, 6.07) is 0. The fourth-order valence-electron chi connectivity index (χ4n) is 0.877. The molecule has 0 bridgehead atoms. The Hall–Kier alpha value is 0.120. The van der Waals surface area contributed by atoms with Gasteiger partial charge in [-0.1, -0.05) is 0 Å². The van der Waals surface area contributed by atoms with Crippen molar-refractivity contribution in [3.8, 4) is 0 Å². The molecule has 0 amide bonds. The lowest BCUT2D eigenvalue weighted by Gasteiger charge is -2.43. The van der Waals surface area contributed by atoms with E-state index in [2.05, 4.69) is 4.52 Å². The molecule has 1 aliphatic heterocycles. The van der Waals surface area contributed by atoms with E-state index in [1.165, 1.54) is 0 Å². The van der Waals surface area contributed by atoms with E-state index >= 15 is 0 Å². The fraction of sp³-hybridized carbons (Fsp3) is 1.00. The van der Waals surface area contributed by atoms with Gasteiger partial charge < -0.3 is 33.1 Å². The topological polar surface area (TPSA) is 125 Å². The minimum atomic E-state index is -6.62. The van der Waals surface area contributed by atoms with Gasteiger partial charge in [-0.05, 0) is 6.92 Å². The zero-order chi connectivity index (χ0) is 13.5. The molecule has 0 spiro atoms. The number of rotatable bonds is 6. The van der Waals surface area contributed by atoms with Crippen molar-refractivity contribution in [2.24, 2.45) is 0 Å². The van der Waals surface area contributed by atoms with E-state index in [1.807, 2.05) is 0 Å². The van der Waals surface area contributed by atoms with Crippen molar-refractivity contribution < 1.29 is 41.9 Å². The van der Waals surface area contributed by atoms with Gasteiger partial charge in [-0.15, -0.1) is 0 Å². The average Bonchev–Trinajstić information content (AvgIpc) is 2.81. The lowest BCUT2D eigenvalue weighted by atomic mass is 10.1. The predicted octanol–water partition coefficient (Wildman–Crippen LogP) is -0.801. The first-order valence-electron chi connectivity index (χ1n) is 4.41. The molecule has 11 heteroatoms. The molecule has 0 radical (unpaired) electrons. The van der Waals surface area contributed by atoms with Crippen LogP contribution in [0.2, 0.25) is 0 Å². The highest BCUT2D eigenvalue weighted by Gasteiger charge is 2.47. The maximum atomic E-state index is 12.7. The highest BCUT2D eigenvalue weighted by molar-refractivity contribution is 7.70. The number of epoxide rings is 1. The summed E-state index contributed by atoms with van der Waals surface area (Å²) in [7, 11) is -12.7. The van der Waals surface area contributed by atoms with Crippen molar-refractivity contribution >= 4 is 15.2 Å². The van der Waals surface area contributed by atoms with E-state index in [9.17, 15) is 32.6 Å². The summed E-state index contributed by atoms with van der Waals surface area (Å²) in [6.07, 6.45) is -0.00265. The van der Waals surface area contributed by atoms with Crippen LogP contribution in [0.25, 0.3) is 0 Å². The molecule has 1 heterocycles. The summed E-state index contributed by atoms with van der Waals surface area (Å²) < 4.78 is 55.1. The molecule has 0 saturated carbocycles. The lowest BCUT2D eigenvalue weighted by Crippen LogP contribution is -2.36. The summed E-state index contributed by atoms with van der Waals surface area (Å²) in [5.41, 5.74) is -0.631. The van der Waals surface area contributed by atoms with Crippen LogP contribution in [0.1, 0.15) is 13.3 Å². The summed E-state index contributed by atoms with van der Waals surface area (Å²) >= 11 is 0. The molecule has 7 nitrogen and oxygen atoms in total. The third-order valence-electron chi connectivity index (χ3n) is 2.19. The molecule has 0 aromatic carbocycles. The van der Waals surface area contributed by atoms with Crippen molar-refractivity contribution in [3.63, 3.8) is 0 Å². The van der Waals surface area contributed by atoms with E-state index in [0.717, 1.165) is 0 Å². The number of alkyl halides is 2. The number of ether oxygens (including phenoxy) is 1. The maximum Gasteiger partial charge on any atom is 0.332 e. The Morgan fingerprint density at radius 3 is 2.24 bits per heavy atom. The molecule has 0 N–H and O–H groups in total. The first-order chi connectivity index (χ1) is 7.41. The second-order valence-corrected chi connectivity index (χ2v) is 7.55. The van der Waals surface area contributed by atoms with Crippen LogP contribution in [0.5, 0.6) is 0 Å². The quantitative estimate of drug-likeness (QED) is 0.463. The van der Waals surface area contributed by atoms with Gasteiger partial charge in [-0.3, -0.25) is 0 Å². The van der Waals surface area contributed by atoms with Crippen LogP contribution in [-0.2, 0) is 18.4 Å². The minimum absolute atomic E-state index is 0.00265. The van der Waals surface area contributed by atoms with Crippen LogP contribution in [-0.4, -0.2) is 24.2 Å². The number of halogens is 2. The second kappa shape index (κ2) is 4.35. The van der Waals surface area contributed by atoms with E-state index in [0.29, 0.717) is 6.61 Å². The Labute approximate surface area is 95.4 Å². The summed E-state index contributed by atoms with van der Waals surface area (Å²) in [4.78, 5) is 31.1. The molecule has 0 aromatic heterocycles. The molecule has 1 aliphatic rings. The molecular weight excluding hydrogens is 284 g/mol. The van der Waals surface area contributed by atoms with Crippen LogP contribution < -0.4 is 14.7 Å². The first kappa shape index (κ1) is 15.2. The number of hydrogen-bond acceptors (Lipinski definition) is 7. The lowest BCUT2D eigenvalue weighted by molar-refractivity contribution is -0.331. The molecule has 2 atom stereocenters. The zero-order valence-corrected chi connectivity index (χ0v) is 10.4. The normalized spacial score (nSPS) is 28.8. The van der Waals surface area contributed by atoms with Gasteiger partial charge in [0.05, 0.1) is 18.8 Å². The van der Waals surface area contributed by atoms with Crippen LogP contribution in [0, 0.1) is 0 Å². The molecule has 0 aromatic rings. The third kappa shape index (κ3) is 3.32. The van der Waals surface area contributed by atoms with Crippen LogP contribution in [0.15, 0.2) is 0 Å². The SMILES string of the molecule is CC1(CCOP(=O)([O-])C(F)(F)P(=O)([O-])[O-])CO1. The molecule has 1 rings (SSSR count). The Kier molecular flexibility index (Phi) is 3.88. The minimum Gasteiger partial charge on any atom is -0.806 e. The van der Waals surface area contributed by atoms with Crippen molar-refractivity contribution in [1.29, 1.82) is 0 Å². The van der Waals surface area contributed by atoms with Gasteiger partial charge in [0.15, 0.2) is 0 Å². The van der Waals surface area contributed by atoms with Gasteiger partial charge in [0.2, 0.25) is 7.60 Å². The van der Waals surface area contributed by atoms with Gasteiger partial charge in [-0.25, -0.2) is 0 Å². The van der Waals surface area contributed by atoms with Crippen molar-refractivity contribution in [2.45, 2.75) is 24.4 Å². The molecule has 0 aliphatic carbocycles. The first-order valence-corrected chi connectivity index (χ1v) is 7.49. The average molecular weight is 293 g/mol. The largest absolute Gasteiger partial charge is 0.806 e. The molecule has 1 fully saturated rings. The third-order valence-corrected chi connectivity index (χ3v) is 5.50. The Morgan fingerprint density at radius 1 is 1.41 bits per heavy atom. The van der Waals surface area contributed by atoms with E-state index in [-0.39, 0.29) is 6.42 Å². The van der Waals surface area contributed by atoms with Gasteiger partial charge in [-0.2, -0.15) is 8.78 Å². The van der Waals surface area contributed by atoms with Crippen LogP contribution in [0.3, 0.4) is 0 Å². The highest BCUT2D eigenvalue weighted by Crippen LogP contribution is 2.67. The molecular formula is C6H9F2O7P2-3. The Bertz CT molecular complexity index is 388. The van der Waals surface area contributed by atoms with Gasteiger partial charge in [0, 0.05) is 14.0 Å². The molecule has 1 saturated heterocycles. The van der Waals surface area contributed by atoms with Crippen molar-refractivity contribution in [2.75, 3.05) is 13.2 Å². The van der Waals surface area contributed by atoms with Crippen LogP contribution >= 0.6 is 15.2 Å². The van der Waals surface area contributed by atoms with Crippen LogP contribution in [0.4, 0.5) is 8.78 Å². The summed E-state index contributed by atoms with van der Waals surface area (Å²) in [6.45, 7) is 1.25. The molecule has 102 valence electrons.